The number of carbonyl (C=O) groups is 2. The fraction of sp³-hybridized carbons (Fsp3) is 0.878. The molecule has 0 aromatic rings. The second-order valence-corrected chi connectivity index (χ2v) is 19.1. The summed E-state index contributed by atoms with van der Waals surface area (Å²) in [7, 11) is -5.12. The van der Waals surface area contributed by atoms with Crippen molar-refractivity contribution in [2.24, 2.45) is 0 Å². The third kappa shape index (κ3) is 31.8. The molecule has 0 saturated heterocycles. The zero-order valence-corrected chi connectivity index (χ0v) is 40.3. The molecule has 0 aliphatic heterocycles. The number of carbonyl (C=O) groups excluding carboxylic acids is 2. The smallest absolute Gasteiger partial charge is 0.462 e. The molecule has 1 fully saturated rings. The van der Waals surface area contributed by atoms with Crippen molar-refractivity contribution in [1.82, 2.24) is 0 Å². The van der Waals surface area contributed by atoms with Crippen molar-refractivity contribution >= 4 is 19.8 Å². The van der Waals surface area contributed by atoms with Gasteiger partial charge in [-0.05, 0) is 64.2 Å². The van der Waals surface area contributed by atoms with Crippen molar-refractivity contribution in [3.8, 4) is 0 Å². The van der Waals surface area contributed by atoms with Crippen LogP contribution in [0.15, 0.2) is 24.3 Å². The first-order chi connectivity index (χ1) is 30.4. The van der Waals surface area contributed by atoms with Gasteiger partial charge in [0, 0.05) is 12.8 Å². The van der Waals surface area contributed by atoms with Gasteiger partial charge in [-0.25, -0.2) is 4.57 Å². The minimum atomic E-state index is -5.12. The summed E-state index contributed by atoms with van der Waals surface area (Å²) in [5, 5.41) is 50.2. The number of aliphatic hydroxyl groups excluding tert-OH is 5. The predicted molar refractivity (Wildman–Crippen MR) is 249 cm³/mol. The van der Waals surface area contributed by atoms with E-state index < -0.39 is 75.7 Å². The SMILES string of the molecule is CCCCCC/C=C/CCCCCCCCCCCC(=O)OC[C@@H](COP(=O)(O)OC1C(O)C(O)C(O)[C@H](O)C1O)OC(=O)CCCCCCCCC/C=C/CCCCCCCC. The van der Waals surface area contributed by atoms with Crippen LogP contribution in [0.5, 0.6) is 0 Å². The Morgan fingerprint density at radius 3 is 1.22 bits per heavy atom. The Hall–Kier alpha value is -1.67. The number of ether oxygens (including phenoxy) is 2. The number of rotatable bonds is 42. The third-order valence-corrected chi connectivity index (χ3v) is 12.8. The van der Waals surface area contributed by atoms with Crippen molar-refractivity contribution in [2.75, 3.05) is 13.2 Å². The van der Waals surface area contributed by atoms with Crippen LogP contribution in [0.4, 0.5) is 0 Å². The lowest BCUT2D eigenvalue weighted by molar-refractivity contribution is -0.220. The molecule has 0 heterocycles. The standard InChI is InChI=1S/C49H91O13P/c1-3-5-7-9-11-13-15-17-19-21-23-25-27-29-31-33-35-37-42(50)59-39-41(40-60-63(57,58)62-49-47(55)45(53)44(52)46(54)48(49)56)61-43(51)38-36-34-32-30-28-26-24-22-20-18-16-14-12-10-8-6-4-2/h13,15,18,20,41,44-49,52-56H,3-12,14,16-17,19,21-40H2,1-2H3,(H,57,58)/b15-13+,20-18+/t41-,44?,45-,46?,47?,48?,49?/m0/s1. The van der Waals surface area contributed by atoms with Gasteiger partial charge < -0.3 is 39.9 Å². The highest BCUT2D eigenvalue weighted by Crippen LogP contribution is 2.47. The molecule has 13 nitrogen and oxygen atoms in total. The maximum atomic E-state index is 12.8. The predicted octanol–water partition coefficient (Wildman–Crippen LogP) is 10.4. The number of esters is 2. The van der Waals surface area contributed by atoms with Crippen LogP contribution in [-0.4, -0.2) is 98.3 Å². The first-order valence-corrected chi connectivity index (χ1v) is 26.6. The molecule has 6 N–H and O–H groups in total. The number of hydrogen-bond acceptors (Lipinski definition) is 12. The maximum Gasteiger partial charge on any atom is 0.472 e. The number of aliphatic hydroxyl groups is 5. The van der Waals surface area contributed by atoms with Crippen LogP contribution in [-0.2, 0) is 32.7 Å². The van der Waals surface area contributed by atoms with Gasteiger partial charge in [0.15, 0.2) is 6.10 Å². The molecule has 14 heteroatoms. The zero-order valence-electron chi connectivity index (χ0n) is 39.4. The van der Waals surface area contributed by atoms with Gasteiger partial charge in [0.1, 0.15) is 43.2 Å². The van der Waals surface area contributed by atoms with E-state index in [4.69, 9.17) is 18.5 Å². The maximum absolute atomic E-state index is 12.8. The van der Waals surface area contributed by atoms with E-state index >= 15 is 0 Å². The molecular weight excluding hydrogens is 827 g/mol. The Morgan fingerprint density at radius 2 is 0.810 bits per heavy atom. The molecule has 6 unspecified atom stereocenters. The Balaban J connectivity index is 2.41. The van der Waals surface area contributed by atoms with Crippen LogP contribution in [0.3, 0.4) is 0 Å². The number of hydrogen-bond donors (Lipinski definition) is 6. The molecule has 1 aliphatic carbocycles. The Labute approximate surface area is 381 Å². The van der Waals surface area contributed by atoms with Crippen LogP contribution in [0.2, 0.25) is 0 Å². The van der Waals surface area contributed by atoms with Crippen molar-refractivity contribution < 1.29 is 63.1 Å². The lowest BCUT2D eigenvalue weighted by atomic mass is 9.85. The minimum absolute atomic E-state index is 0.0935. The molecule has 8 atom stereocenters. The van der Waals surface area contributed by atoms with Crippen molar-refractivity contribution in [1.29, 1.82) is 0 Å². The third-order valence-electron chi connectivity index (χ3n) is 11.8. The highest BCUT2D eigenvalue weighted by atomic mass is 31.2. The summed E-state index contributed by atoms with van der Waals surface area (Å²) < 4.78 is 33.6. The first-order valence-electron chi connectivity index (χ1n) is 25.1. The van der Waals surface area contributed by atoms with E-state index in [1.165, 1.54) is 122 Å². The molecule has 1 aliphatic rings. The van der Waals surface area contributed by atoms with Crippen LogP contribution in [0, 0.1) is 0 Å². The van der Waals surface area contributed by atoms with Gasteiger partial charge in [0.05, 0.1) is 6.61 Å². The second-order valence-electron chi connectivity index (χ2n) is 17.7. The summed E-state index contributed by atoms with van der Waals surface area (Å²) in [6, 6.07) is 0. The van der Waals surface area contributed by atoms with Crippen LogP contribution in [0.25, 0.3) is 0 Å². The van der Waals surface area contributed by atoms with E-state index in [0.29, 0.717) is 12.8 Å². The molecular formula is C49H91O13P. The summed E-state index contributed by atoms with van der Waals surface area (Å²) >= 11 is 0. The highest BCUT2D eigenvalue weighted by Gasteiger charge is 2.51. The van der Waals surface area contributed by atoms with E-state index in [0.717, 1.165) is 57.8 Å². The van der Waals surface area contributed by atoms with Gasteiger partial charge in [0.2, 0.25) is 0 Å². The van der Waals surface area contributed by atoms with Crippen LogP contribution in [0.1, 0.15) is 219 Å². The van der Waals surface area contributed by atoms with E-state index in [2.05, 4.69) is 38.2 Å². The second kappa shape index (κ2) is 39.5. The first kappa shape index (κ1) is 59.3. The molecule has 0 amide bonds. The fourth-order valence-electron chi connectivity index (χ4n) is 7.69. The summed E-state index contributed by atoms with van der Waals surface area (Å²) in [5.74, 6) is -1.10. The molecule has 0 radical (unpaired) electrons. The van der Waals surface area contributed by atoms with E-state index in [1.54, 1.807) is 0 Å². The highest BCUT2D eigenvalue weighted by molar-refractivity contribution is 7.47. The molecule has 0 aromatic carbocycles. The summed E-state index contributed by atoms with van der Waals surface area (Å²) in [6.07, 6.45) is 30.8. The van der Waals surface area contributed by atoms with Gasteiger partial charge in [-0.1, -0.05) is 167 Å². The molecule has 1 rings (SSSR count). The van der Waals surface area contributed by atoms with Crippen LogP contribution >= 0.6 is 7.82 Å². The summed E-state index contributed by atoms with van der Waals surface area (Å²) in [6.45, 7) is 3.30. The Morgan fingerprint density at radius 1 is 0.476 bits per heavy atom. The average Bonchev–Trinajstić information content (AvgIpc) is 3.26. The topological polar surface area (TPSA) is 210 Å². The largest absolute Gasteiger partial charge is 0.472 e. The molecule has 0 bridgehead atoms. The summed E-state index contributed by atoms with van der Waals surface area (Å²) in [5.41, 5.74) is 0. The van der Waals surface area contributed by atoms with Gasteiger partial charge in [-0.3, -0.25) is 18.6 Å². The fourth-order valence-corrected chi connectivity index (χ4v) is 8.66. The number of unbranched alkanes of at least 4 members (excludes halogenated alkanes) is 26. The monoisotopic (exact) mass is 919 g/mol. The van der Waals surface area contributed by atoms with Crippen molar-refractivity contribution in [3.05, 3.63) is 24.3 Å². The number of phosphoric ester groups is 1. The van der Waals surface area contributed by atoms with Gasteiger partial charge in [-0.15, -0.1) is 0 Å². The molecule has 370 valence electrons. The van der Waals surface area contributed by atoms with Gasteiger partial charge >= 0.3 is 19.8 Å². The molecule has 0 spiro atoms. The molecule has 1 saturated carbocycles. The molecule has 0 aromatic heterocycles. The quantitative estimate of drug-likeness (QED) is 0.0146. The average molecular weight is 919 g/mol. The van der Waals surface area contributed by atoms with Crippen LogP contribution < -0.4 is 0 Å². The Bertz CT molecular complexity index is 1200. The van der Waals surface area contributed by atoms with E-state index in [1.807, 2.05) is 0 Å². The Kier molecular flexibility index (Phi) is 37.2. The lowest BCUT2D eigenvalue weighted by Gasteiger charge is -2.41. The van der Waals surface area contributed by atoms with Crippen molar-refractivity contribution in [2.45, 2.75) is 262 Å². The van der Waals surface area contributed by atoms with Gasteiger partial charge in [-0.2, -0.15) is 0 Å². The zero-order chi connectivity index (χ0) is 46.4. The number of allylic oxidation sites excluding steroid dienone is 4. The van der Waals surface area contributed by atoms with E-state index in [-0.39, 0.29) is 12.8 Å². The minimum Gasteiger partial charge on any atom is -0.462 e. The lowest BCUT2D eigenvalue weighted by Crippen LogP contribution is -2.64. The number of phosphoric acid groups is 1. The summed E-state index contributed by atoms with van der Waals surface area (Å²) in [4.78, 5) is 35.8. The van der Waals surface area contributed by atoms with Gasteiger partial charge in [0.25, 0.3) is 0 Å². The molecule has 63 heavy (non-hydrogen) atoms. The van der Waals surface area contributed by atoms with E-state index in [9.17, 15) is 44.6 Å². The normalized spacial score (nSPS) is 21.8. The van der Waals surface area contributed by atoms with Crippen molar-refractivity contribution in [3.63, 3.8) is 0 Å².